The van der Waals surface area contributed by atoms with Crippen LogP contribution in [0.25, 0.3) is 0 Å². The lowest BCUT2D eigenvalue weighted by Crippen LogP contribution is -2.26. The van der Waals surface area contributed by atoms with Crippen molar-refractivity contribution in [3.63, 3.8) is 0 Å². The molecule has 0 radical (unpaired) electrons. The number of carbonyl (C=O) groups is 1. The molecule has 1 atom stereocenters. The van der Waals surface area contributed by atoms with Gasteiger partial charge in [-0.2, -0.15) is 0 Å². The van der Waals surface area contributed by atoms with E-state index in [9.17, 15) is 4.79 Å². The summed E-state index contributed by atoms with van der Waals surface area (Å²) in [6.45, 7) is 1.97. The molecule has 2 heterocycles. The summed E-state index contributed by atoms with van der Waals surface area (Å²) in [5.74, 6) is 5.64. The molecule has 0 saturated carbocycles. The van der Waals surface area contributed by atoms with Crippen molar-refractivity contribution in [3.8, 4) is 11.8 Å². The van der Waals surface area contributed by atoms with Gasteiger partial charge < -0.3 is 10.4 Å². The first-order valence-corrected chi connectivity index (χ1v) is 7.47. The number of carbonyl (C=O) groups excluding carboxylic acids is 1. The lowest BCUT2D eigenvalue weighted by Gasteiger charge is -2.12. The lowest BCUT2D eigenvalue weighted by atomic mass is 10.1. The van der Waals surface area contributed by atoms with Gasteiger partial charge in [0.25, 0.3) is 5.91 Å². The van der Waals surface area contributed by atoms with Crippen LogP contribution in [0.4, 0.5) is 0 Å². The highest BCUT2D eigenvalue weighted by molar-refractivity contribution is 7.10. The van der Waals surface area contributed by atoms with E-state index < -0.39 is 0 Å². The number of thiophene rings is 1. The van der Waals surface area contributed by atoms with E-state index in [4.69, 9.17) is 5.11 Å². The number of hydrogen-bond donors (Lipinski definition) is 2. The summed E-state index contributed by atoms with van der Waals surface area (Å²) < 4.78 is 0. The van der Waals surface area contributed by atoms with E-state index in [-0.39, 0.29) is 18.6 Å². The third kappa shape index (κ3) is 4.42. The average molecular weight is 300 g/mol. The monoisotopic (exact) mass is 300 g/mol. The minimum absolute atomic E-state index is 0.0499. The summed E-state index contributed by atoms with van der Waals surface area (Å²) in [6, 6.07) is 5.44. The van der Waals surface area contributed by atoms with Gasteiger partial charge in [0.2, 0.25) is 0 Å². The maximum absolute atomic E-state index is 12.2. The molecule has 1 unspecified atom stereocenters. The Hall–Kier alpha value is -2.16. The SMILES string of the molecule is CC(NC(=O)c1csc(C#CCCO)c1)c1cccnc1. The predicted octanol–water partition coefficient (Wildman–Crippen LogP) is 2.37. The highest BCUT2D eigenvalue weighted by Gasteiger charge is 2.12. The van der Waals surface area contributed by atoms with Gasteiger partial charge >= 0.3 is 0 Å². The first-order chi connectivity index (χ1) is 10.2. The van der Waals surface area contributed by atoms with Crippen molar-refractivity contribution >= 4 is 17.2 Å². The zero-order chi connectivity index (χ0) is 15.1. The van der Waals surface area contributed by atoms with Crippen LogP contribution in [0, 0.1) is 11.8 Å². The second-order valence-electron chi connectivity index (χ2n) is 4.46. The molecule has 2 rings (SSSR count). The summed E-state index contributed by atoms with van der Waals surface area (Å²) in [6.07, 6.45) is 3.88. The molecule has 2 aromatic rings. The molecule has 2 aromatic heterocycles. The van der Waals surface area contributed by atoms with Gasteiger partial charge in [-0.25, -0.2) is 0 Å². The number of hydrogen-bond acceptors (Lipinski definition) is 4. The van der Waals surface area contributed by atoms with E-state index in [1.54, 1.807) is 23.8 Å². The Balaban J connectivity index is 1.99. The molecule has 0 saturated heterocycles. The zero-order valence-electron chi connectivity index (χ0n) is 11.7. The number of aliphatic hydroxyl groups is 1. The van der Waals surface area contributed by atoms with Crippen LogP contribution in [0.2, 0.25) is 0 Å². The number of rotatable bonds is 4. The predicted molar refractivity (Wildman–Crippen MR) is 83.0 cm³/mol. The van der Waals surface area contributed by atoms with E-state index in [2.05, 4.69) is 22.1 Å². The van der Waals surface area contributed by atoms with Crippen molar-refractivity contribution in [1.29, 1.82) is 0 Å². The van der Waals surface area contributed by atoms with E-state index in [0.717, 1.165) is 10.4 Å². The van der Waals surface area contributed by atoms with Crippen LogP contribution in [0.1, 0.15) is 40.2 Å². The van der Waals surface area contributed by atoms with Crippen molar-refractivity contribution in [3.05, 3.63) is 52.0 Å². The number of aromatic nitrogens is 1. The Morgan fingerprint density at radius 1 is 1.57 bits per heavy atom. The molecular formula is C16H16N2O2S. The van der Waals surface area contributed by atoms with Gasteiger partial charge in [0.05, 0.1) is 23.1 Å². The number of aliphatic hydroxyl groups excluding tert-OH is 1. The van der Waals surface area contributed by atoms with Gasteiger partial charge in [-0.15, -0.1) is 11.3 Å². The molecule has 0 aliphatic heterocycles. The molecule has 108 valence electrons. The van der Waals surface area contributed by atoms with Gasteiger partial charge in [-0.1, -0.05) is 17.9 Å². The minimum Gasteiger partial charge on any atom is -0.395 e. The quantitative estimate of drug-likeness (QED) is 0.852. The average Bonchev–Trinajstić information content (AvgIpc) is 2.97. The van der Waals surface area contributed by atoms with Crippen LogP contribution >= 0.6 is 11.3 Å². The summed E-state index contributed by atoms with van der Waals surface area (Å²) in [7, 11) is 0. The van der Waals surface area contributed by atoms with Crippen LogP contribution in [0.3, 0.4) is 0 Å². The fourth-order valence-corrected chi connectivity index (χ4v) is 2.48. The summed E-state index contributed by atoms with van der Waals surface area (Å²) in [5.41, 5.74) is 1.56. The summed E-state index contributed by atoms with van der Waals surface area (Å²) in [4.78, 5) is 17.0. The first kappa shape index (κ1) is 15.2. The van der Waals surface area contributed by atoms with E-state index in [0.29, 0.717) is 12.0 Å². The Morgan fingerprint density at radius 3 is 3.14 bits per heavy atom. The molecule has 0 bridgehead atoms. The summed E-state index contributed by atoms with van der Waals surface area (Å²) in [5, 5.41) is 13.4. The molecule has 0 aliphatic carbocycles. The second-order valence-corrected chi connectivity index (χ2v) is 5.37. The topological polar surface area (TPSA) is 62.2 Å². The van der Waals surface area contributed by atoms with Gasteiger partial charge in [0.15, 0.2) is 0 Å². The van der Waals surface area contributed by atoms with Crippen LogP contribution in [-0.4, -0.2) is 22.6 Å². The van der Waals surface area contributed by atoms with Crippen molar-refractivity contribution < 1.29 is 9.90 Å². The third-order valence-electron chi connectivity index (χ3n) is 2.84. The largest absolute Gasteiger partial charge is 0.395 e. The lowest BCUT2D eigenvalue weighted by molar-refractivity contribution is 0.0940. The van der Waals surface area contributed by atoms with Crippen molar-refractivity contribution in [2.45, 2.75) is 19.4 Å². The Labute approximate surface area is 127 Å². The number of nitrogens with zero attached hydrogens (tertiary/aromatic N) is 1. The third-order valence-corrected chi connectivity index (χ3v) is 3.69. The van der Waals surface area contributed by atoms with E-state index in [1.807, 2.05) is 19.1 Å². The molecule has 21 heavy (non-hydrogen) atoms. The highest BCUT2D eigenvalue weighted by atomic mass is 32.1. The van der Waals surface area contributed by atoms with Crippen LogP contribution < -0.4 is 5.32 Å². The second kappa shape index (κ2) is 7.58. The normalized spacial score (nSPS) is 11.3. The Kier molecular flexibility index (Phi) is 5.50. The number of amides is 1. The maximum atomic E-state index is 12.2. The first-order valence-electron chi connectivity index (χ1n) is 6.59. The van der Waals surface area contributed by atoms with Crippen LogP contribution in [0.15, 0.2) is 36.0 Å². The molecule has 4 nitrogen and oxygen atoms in total. The van der Waals surface area contributed by atoms with E-state index >= 15 is 0 Å². The Morgan fingerprint density at radius 2 is 2.43 bits per heavy atom. The Bertz CT molecular complexity index is 656. The zero-order valence-corrected chi connectivity index (χ0v) is 12.5. The van der Waals surface area contributed by atoms with Gasteiger partial charge in [0, 0.05) is 24.2 Å². The van der Waals surface area contributed by atoms with Crippen molar-refractivity contribution in [1.82, 2.24) is 10.3 Å². The van der Waals surface area contributed by atoms with Gasteiger partial charge in [-0.05, 0) is 24.6 Å². The van der Waals surface area contributed by atoms with Crippen LogP contribution in [-0.2, 0) is 0 Å². The number of nitrogens with one attached hydrogen (secondary N) is 1. The molecular weight excluding hydrogens is 284 g/mol. The molecule has 2 N–H and O–H groups in total. The molecule has 0 fully saturated rings. The molecule has 0 spiro atoms. The maximum Gasteiger partial charge on any atom is 0.252 e. The fourth-order valence-electron chi connectivity index (χ4n) is 1.72. The van der Waals surface area contributed by atoms with E-state index in [1.165, 1.54) is 11.3 Å². The molecule has 5 heteroatoms. The molecule has 0 aromatic carbocycles. The highest BCUT2D eigenvalue weighted by Crippen LogP contribution is 2.16. The van der Waals surface area contributed by atoms with Crippen molar-refractivity contribution in [2.24, 2.45) is 0 Å². The van der Waals surface area contributed by atoms with Crippen molar-refractivity contribution in [2.75, 3.05) is 6.61 Å². The molecule has 1 amide bonds. The standard InChI is InChI=1S/C16H16N2O2S/c1-12(13-5-4-7-17-10-13)18-16(20)14-9-15(21-11-14)6-2-3-8-19/h4-5,7,9-12,19H,3,8H2,1H3,(H,18,20). The minimum atomic E-state index is -0.127. The van der Waals surface area contributed by atoms with Gasteiger partial charge in [0.1, 0.15) is 0 Å². The smallest absolute Gasteiger partial charge is 0.252 e. The fraction of sp³-hybridized carbons (Fsp3) is 0.250. The number of pyridine rings is 1. The molecule has 0 aliphatic rings. The van der Waals surface area contributed by atoms with Crippen LogP contribution in [0.5, 0.6) is 0 Å². The van der Waals surface area contributed by atoms with Gasteiger partial charge in [-0.3, -0.25) is 9.78 Å². The summed E-state index contributed by atoms with van der Waals surface area (Å²) >= 11 is 1.42.